The summed E-state index contributed by atoms with van der Waals surface area (Å²) in [5.74, 6) is -1.09. The second-order valence-corrected chi connectivity index (χ2v) is 6.21. The first kappa shape index (κ1) is 30.8. The number of nitrogens with two attached hydrogens (primary N) is 1. The third kappa shape index (κ3) is 7.97. The molecule has 2 aromatic carbocycles. The molecule has 0 amide bonds. The number of rotatable bonds is 7. The van der Waals surface area contributed by atoms with Crippen LogP contribution in [0.15, 0.2) is 24.3 Å². The van der Waals surface area contributed by atoms with Gasteiger partial charge in [0.2, 0.25) is 0 Å². The van der Waals surface area contributed by atoms with Crippen molar-refractivity contribution in [2.24, 2.45) is 5.73 Å². The Morgan fingerprint density at radius 2 is 1.23 bits per heavy atom. The highest BCUT2D eigenvalue weighted by Gasteiger charge is 2.23. The number of benzene rings is 2. The lowest BCUT2D eigenvalue weighted by atomic mass is 10.1. The van der Waals surface area contributed by atoms with Crippen molar-refractivity contribution in [1.82, 2.24) is 0 Å². The van der Waals surface area contributed by atoms with E-state index in [0.29, 0.717) is 0 Å². The maximum atomic E-state index is 11.3. The van der Waals surface area contributed by atoms with E-state index >= 15 is 0 Å². The molecule has 192 valence electrons. The molecule has 0 atom stereocenters. The minimum atomic E-state index is -0.697. The average Bonchev–Trinajstić information content (AvgIpc) is 2.88. The largest absolute Gasteiger partial charge is 0.495 e. The minimum Gasteiger partial charge on any atom is -0.495 e. The van der Waals surface area contributed by atoms with Crippen LogP contribution in [-0.2, 0) is 9.47 Å². The van der Waals surface area contributed by atoms with Crippen molar-refractivity contribution in [2.75, 3.05) is 47.9 Å². The Morgan fingerprint density at radius 1 is 0.829 bits per heavy atom. The third-order valence-electron chi connectivity index (χ3n) is 4.03. The monoisotopic (exact) mass is 516 g/mol. The van der Waals surface area contributed by atoms with Gasteiger partial charge in [0.05, 0.1) is 49.4 Å². The quantitative estimate of drug-likeness (QED) is 0.310. The van der Waals surface area contributed by atoms with Gasteiger partial charge in [0, 0.05) is 19.2 Å². The molecule has 35 heavy (non-hydrogen) atoms. The van der Waals surface area contributed by atoms with Crippen molar-refractivity contribution in [1.29, 1.82) is 0 Å². The number of hydrogen-bond donors (Lipinski definition) is 2. The molecular formula is C20H25ClN4O10. The average molecular weight is 517 g/mol. The molecule has 15 heteroatoms. The summed E-state index contributed by atoms with van der Waals surface area (Å²) in [4.78, 5) is 42.8. The summed E-state index contributed by atoms with van der Waals surface area (Å²) >= 11 is 5.70. The van der Waals surface area contributed by atoms with Crippen LogP contribution in [0.4, 0.5) is 17.1 Å². The molecule has 0 fully saturated rings. The van der Waals surface area contributed by atoms with Gasteiger partial charge in [-0.1, -0.05) is 11.6 Å². The third-order valence-corrected chi connectivity index (χ3v) is 4.41. The molecule has 0 heterocycles. The van der Waals surface area contributed by atoms with Gasteiger partial charge in [-0.2, -0.15) is 0 Å². The second kappa shape index (κ2) is 14.9. The Balaban J connectivity index is 0.000000618. The van der Waals surface area contributed by atoms with Crippen LogP contribution in [0.1, 0.15) is 20.7 Å². The molecule has 3 N–H and O–H groups in total. The number of methoxy groups -OCH3 is 4. The van der Waals surface area contributed by atoms with Gasteiger partial charge in [-0.05, 0) is 19.2 Å². The number of nitrogens with one attached hydrogen (secondary N) is 1. The van der Waals surface area contributed by atoms with Gasteiger partial charge < -0.3 is 30.0 Å². The Hall–Kier alpha value is -4.17. The Morgan fingerprint density at radius 3 is 1.57 bits per heavy atom. The first-order valence-electron chi connectivity index (χ1n) is 9.36. The zero-order valence-corrected chi connectivity index (χ0v) is 20.5. The molecule has 0 radical (unpaired) electrons. The van der Waals surface area contributed by atoms with Crippen LogP contribution in [0.3, 0.4) is 0 Å². The number of nitro groups is 2. The Kier molecular flexibility index (Phi) is 13.1. The van der Waals surface area contributed by atoms with Crippen LogP contribution in [0, 0.1) is 20.2 Å². The lowest BCUT2D eigenvalue weighted by Crippen LogP contribution is -2.06. The first-order valence-corrected chi connectivity index (χ1v) is 9.74. The van der Waals surface area contributed by atoms with E-state index in [-0.39, 0.29) is 39.0 Å². The van der Waals surface area contributed by atoms with Crippen molar-refractivity contribution < 1.29 is 38.4 Å². The van der Waals surface area contributed by atoms with Crippen LogP contribution in [0.5, 0.6) is 11.5 Å². The smallest absolute Gasteiger partial charge is 0.338 e. The highest BCUT2D eigenvalue weighted by molar-refractivity contribution is 6.34. The fraction of sp³-hybridized carbons (Fsp3) is 0.300. The Bertz CT molecular complexity index is 1080. The minimum absolute atomic E-state index is 0.00968. The van der Waals surface area contributed by atoms with Gasteiger partial charge in [0.1, 0.15) is 11.5 Å². The number of carbonyl (C=O) groups is 2. The van der Waals surface area contributed by atoms with E-state index < -0.39 is 27.5 Å². The van der Waals surface area contributed by atoms with Gasteiger partial charge in [-0.3, -0.25) is 20.2 Å². The van der Waals surface area contributed by atoms with E-state index in [2.05, 4.69) is 20.5 Å². The predicted molar refractivity (Wildman–Crippen MR) is 127 cm³/mol. The second-order valence-electron chi connectivity index (χ2n) is 5.83. The van der Waals surface area contributed by atoms with E-state index in [1.807, 2.05) is 0 Å². The maximum Gasteiger partial charge on any atom is 0.338 e. The summed E-state index contributed by atoms with van der Waals surface area (Å²) < 4.78 is 18.8. The number of hydrogen-bond acceptors (Lipinski definition) is 12. The topological polar surface area (TPSA) is 195 Å². The van der Waals surface area contributed by atoms with Crippen LogP contribution in [-0.4, -0.2) is 64.3 Å². The molecule has 0 bridgehead atoms. The molecule has 14 nitrogen and oxygen atoms in total. The molecule has 0 saturated heterocycles. The van der Waals surface area contributed by atoms with E-state index in [1.165, 1.54) is 54.7 Å². The van der Waals surface area contributed by atoms with Gasteiger partial charge >= 0.3 is 11.9 Å². The van der Waals surface area contributed by atoms with E-state index in [4.69, 9.17) is 21.1 Å². The van der Waals surface area contributed by atoms with Crippen molar-refractivity contribution in [3.63, 3.8) is 0 Å². The molecule has 0 saturated carbocycles. The number of carbonyl (C=O) groups excluding carboxylic acids is 2. The molecule has 0 spiro atoms. The maximum absolute atomic E-state index is 11.3. The number of halogens is 1. The van der Waals surface area contributed by atoms with Gasteiger partial charge in [0.25, 0.3) is 11.4 Å². The zero-order valence-electron chi connectivity index (χ0n) is 19.7. The zero-order chi connectivity index (χ0) is 27.3. The summed E-state index contributed by atoms with van der Waals surface area (Å²) in [6.07, 6.45) is 0. The lowest BCUT2D eigenvalue weighted by Gasteiger charge is -2.10. The van der Waals surface area contributed by atoms with Crippen molar-refractivity contribution in [3.05, 3.63) is 60.6 Å². The molecule has 0 unspecified atom stereocenters. The van der Waals surface area contributed by atoms with Crippen LogP contribution in [0.25, 0.3) is 0 Å². The molecular weight excluding hydrogens is 492 g/mol. The normalized spacial score (nSPS) is 9.26. The number of esters is 2. The summed E-state index contributed by atoms with van der Waals surface area (Å²) in [6.45, 7) is 0. The highest BCUT2D eigenvalue weighted by Crippen LogP contribution is 2.36. The molecule has 0 aromatic heterocycles. The highest BCUT2D eigenvalue weighted by atomic mass is 35.5. The van der Waals surface area contributed by atoms with Crippen molar-refractivity contribution in [3.8, 4) is 11.5 Å². The summed E-state index contributed by atoms with van der Waals surface area (Å²) in [5, 5.41) is 24.0. The predicted octanol–water partition coefficient (Wildman–Crippen LogP) is 3.05. The fourth-order valence-electron chi connectivity index (χ4n) is 2.49. The lowest BCUT2D eigenvalue weighted by molar-refractivity contribution is -0.384. The standard InChI is InChI=1S/C10H12N2O5.C9H8ClNO5.CH5N/c1-11-9-7(12(14)15)4-6(10(13)17-3)5-8(9)16-2;1-15-7-4-5(9(12)16-2)3-6(8(7)10)11(13)14;1-2/h4-5,11H,1-3H3;3-4H,1-2H3;2H2,1H3. The van der Waals surface area contributed by atoms with E-state index in [0.717, 1.165) is 12.1 Å². The van der Waals surface area contributed by atoms with Crippen LogP contribution < -0.4 is 20.5 Å². The van der Waals surface area contributed by atoms with E-state index in [1.54, 1.807) is 0 Å². The first-order chi connectivity index (χ1) is 16.6. The van der Waals surface area contributed by atoms with Crippen LogP contribution in [0.2, 0.25) is 5.02 Å². The molecule has 2 rings (SSSR count). The fourth-order valence-corrected chi connectivity index (χ4v) is 2.75. The summed E-state index contributed by atoms with van der Waals surface area (Å²) in [5.41, 5.74) is 4.14. The van der Waals surface area contributed by atoms with Gasteiger partial charge in [-0.25, -0.2) is 9.59 Å². The van der Waals surface area contributed by atoms with Crippen molar-refractivity contribution >= 4 is 40.6 Å². The van der Waals surface area contributed by atoms with Gasteiger partial charge in [-0.15, -0.1) is 0 Å². The molecule has 0 aliphatic heterocycles. The van der Waals surface area contributed by atoms with Crippen molar-refractivity contribution in [2.45, 2.75) is 0 Å². The van der Waals surface area contributed by atoms with Crippen LogP contribution >= 0.6 is 11.6 Å². The van der Waals surface area contributed by atoms with Gasteiger partial charge in [0.15, 0.2) is 10.7 Å². The van der Waals surface area contributed by atoms with E-state index in [9.17, 15) is 29.8 Å². The molecule has 0 aliphatic carbocycles. The Labute approximate surface area is 205 Å². The molecule has 0 aliphatic rings. The number of nitro benzene ring substituents is 2. The number of nitrogens with zero attached hydrogens (tertiary/aromatic N) is 2. The number of anilines is 1. The summed E-state index contributed by atoms with van der Waals surface area (Å²) in [7, 11) is 8.07. The number of ether oxygens (including phenoxy) is 4. The SMILES string of the molecule is CN.CNc1c(OC)cc(C(=O)OC)cc1[N+](=O)[O-].COC(=O)c1cc(OC)c(Cl)c([N+](=O)[O-])c1. The molecule has 2 aromatic rings. The summed E-state index contributed by atoms with van der Waals surface area (Å²) in [6, 6.07) is 4.84.